The van der Waals surface area contributed by atoms with Gasteiger partial charge in [0.05, 0.1) is 6.04 Å². The molecule has 0 amide bonds. The molecule has 2 aromatic heterocycles. The molecule has 0 radical (unpaired) electrons. The number of nitrogens with two attached hydrogens (primary N) is 1. The first-order chi connectivity index (χ1) is 7.81. The molecule has 2 aromatic rings. The van der Waals surface area contributed by atoms with Gasteiger partial charge in [0.25, 0.3) is 0 Å². The number of nitrogens with zero attached hydrogens (tertiary/aromatic N) is 4. The van der Waals surface area contributed by atoms with Crippen molar-refractivity contribution in [1.82, 2.24) is 20.1 Å². The number of rotatable bonds is 4. The van der Waals surface area contributed by atoms with Crippen LogP contribution in [0.1, 0.15) is 18.4 Å². The Balaban J connectivity index is 2.23. The predicted molar refractivity (Wildman–Crippen MR) is 57.1 cm³/mol. The normalized spacial score (nSPS) is 12.3. The molecule has 0 aliphatic heterocycles. The Bertz CT molecular complexity index is 467. The molecule has 0 saturated carbocycles. The maximum Gasteiger partial charge on any atom is 0.244 e. The minimum absolute atomic E-state index is 0.319. The lowest BCUT2D eigenvalue weighted by Crippen LogP contribution is -2.09. The van der Waals surface area contributed by atoms with Gasteiger partial charge in [-0.1, -0.05) is 11.2 Å². The van der Waals surface area contributed by atoms with E-state index in [1.54, 1.807) is 18.3 Å². The summed E-state index contributed by atoms with van der Waals surface area (Å²) in [7, 11) is 0. The molecular weight excluding hydrogens is 206 g/mol. The molecule has 0 aromatic carbocycles. The van der Waals surface area contributed by atoms with Crippen LogP contribution >= 0.6 is 0 Å². The highest BCUT2D eigenvalue weighted by Gasteiger charge is 2.14. The monoisotopic (exact) mass is 217 g/mol. The van der Waals surface area contributed by atoms with Crippen LogP contribution in [0.5, 0.6) is 0 Å². The molecule has 2 heterocycles. The highest BCUT2D eigenvalue weighted by molar-refractivity contribution is 5.46. The second-order valence-corrected chi connectivity index (χ2v) is 3.18. The third-order valence-corrected chi connectivity index (χ3v) is 1.99. The van der Waals surface area contributed by atoms with E-state index in [-0.39, 0.29) is 6.04 Å². The maximum absolute atomic E-state index is 5.80. The number of hydrogen-bond donors (Lipinski definition) is 1. The molecule has 0 aliphatic carbocycles. The van der Waals surface area contributed by atoms with Gasteiger partial charge in [-0.15, -0.1) is 6.58 Å². The number of hydrogen-bond acceptors (Lipinski definition) is 6. The highest BCUT2D eigenvalue weighted by atomic mass is 16.5. The summed E-state index contributed by atoms with van der Waals surface area (Å²) >= 11 is 0. The quantitative estimate of drug-likeness (QED) is 0.771. The zero-order valence-electron chi connectivity index (χ0n) is 8.58. The van der Waals surface area contributed by atoms with Crippen molar-refractivity contribution in [2.24, 2.45) is 5.73 Å². The summed E-state index contributed by atoms with van der Waals surface area (Å²) in [5.74, 6) is 0.797. The molecule has 2 N–H and O–H groups in total. The molecular formula is C10H11N5O. The van der Waals surface area contributed by atoms with E-state index in [1.807, 2.05) is 0 Å². The maximum atomic E-state index is 5.80. The van der Waals surface area contributed by atoms with Crippen molar-refractivity contribution >= 4 is 0 Å². The van der Waals surface area contributed by atoms with Gasteiger partial charge in [0.15, 0.2) is 0 Å². The first kappa shape index (κ1) is 10.4. The fraction of sp³-hybridized carbons (Fsp3) is 0.200. The van der Waals surface area contributed by atoms with Crippen molar-refractivity contribution in [3.05, 3.63) is 37.1 Å². The topological polar surface area (TPSA) is 90.7 Å². The van der Waals surface area contributed by atoms with E-state index in [4.69, 9.17) is 10.3 Å². The Morgan fingerprint density at radius 3 is 3.12 bits per heavy atom. The first-order valence-electron chi connectivity index (χ1n) is 4.77. The summed E-state index contributed by atoms with van der Waals surface area (Å²) in [5.41, 5.74) is 6.40. The van der Waals surface area contributed by atoms with Crippen LogP contribution in [0, 0.1) is 0 Å². The van der Waals surface area contributed by atoms with Gasteiger partial charge >= 0.3 is 0 Å². The first-order valence-corrected chi connectivity index (χ1v) is 4.77. The SMILES string of the molecule is C=CCC(N)c1nc(-c2ccncn2)no1. The Kier molecular flexibility index (Phi) is 3.02. The third kappa shape index (κ3) is 2.12. The van der Waals surface area contributed by atoms with E-state index >= 15 is 0 Å². The van der Waals surface area contributed by atoms with Gasteiger partial charge in [0.1, 0.15) is 12.0 Å². The van der Waals surface area contributed by atoms with Gasteiger partial charge < -0.3 is 10.3 Å². The van der Waals surface area contributed by atoms with E-state index in [1.165, 1.54) is 6.33 Å². The van der Waals surface area contributed by atoms with Crippen LogP contribution in [0.4, 0.5) is 0 Å². The fourth-order valence-corrected chi connectivity index (χ4v) is 1.19. The summed E-state index contributed by atoms with van der Waals surface area (Å²) in [5, 5.41) is 3.80. The van der Waals surface area contributed by atoms with Gasteiger partial charge in [-0.25, -0.2) is 9.97 Å². The molecule has 0 fully saturated rings. The molecule has 0 bridgehead atoms. The summed E-state index contributed by atoms with van der Waals surface area (Å²) in [4.78, 5) is 12.0. The largest absolute Gasteiger partial charge is 0.337 e. The lowest BCUT2D eigenvalue weighted by Gasteiger charge is -1.99. The van der Waals surface area contributed by atoms with Gasteiger partial charge in [0, 0.05) is 6.20 Å². The molecule has 82 valence electrons. The lowest BCUT2D eigenvalue weighted by molar-refractivity contribution is 0.355. The van der Waals surface area contributed by atoms with Crippen LogP contribution < -0.4 is 5.73 Å². The molecule has 0 saturated heterocycles. The van der Waals surface area contributed by atoms with Crippen molar-refractivity contribution in [1.29, 1.82) is 0 Å². The van der Waals surface area contributed by atoms with E-state index in [9.17, 15) is 0 Å². The molecule has 0 aliphatic rings. The Labute approximate surface area is 92.2 Å². The Morgan fingerprint density at radius 1 is 1.56 bits per heavy atom. The van der Waals surface area contributed by atoms with Gasteiger partial charge in [-0.05, 0) is 12.5 Å². The minimum atomic E-state index is -0.319. The molecule has 1 atom stereocenters. The van der Waals surface area contributed by atoms with Crippen molar-refractivity contribution in [3.8, 4) is 11.5 Å². The van der Waals surface area contributed by atoms with Gasteiger partial charge in [0.2, 0.25) is 11.7 Å². The van der Waals surface area contributed by atoms with E-state index in [0.29, 0.717) is 23.8 Å². The second-order valence-electron chi connectivity index (χ2n) is 3.18. The molecule has 1 unspecified atom stereocenters. The third-order valence-electron chi connectivity index (χ3n) is 1.99. The van der Waals surface area contributed by atoms with E-state index in [0.717, 1.165) is 0 Å². The predicted octanol–water partition coefficient (Wildman–Crippen LogP) is 1.10. The smallest absolute Gasteiger partial charge is 0.244 e. The standard InChI is InChI=1S/C10H11N5O/c1-2-3-7(11)10-14-9(15-16-10)8-4-5-12-6-13-8/h2,4-7H,1,3,11H2. The van der Waals surface area contributed by atoms with Crippen molar-refractivity contribution in [2.75, 3.05) is 0 Å². The van der Waals surface area contributed by atoms with Crippen LogP contribution in [0.25, 0.3) is 11.5 Å². The minimum Gasteiger partial charge on any atom is -0.337 e. The summed E-state index contributed by atoms with van der Waals surface area (Å²) in [6.07, 6.45) is 5.34. The highest BCUT2D eigenvalue weighted by Crippen LogP contribution is 2.16. The van der Waals surface area contributed by atoms with Crippen molar-refractivity contribution in [2.45, 2.75) is 12.5 Å². The molecule has 6 nitrogen and oxygen atoms in total. The van der Waals surface area contributed by atoms with Crippen LogP contribution in [0.3, 0.4) is 0 Å². The van der Waals surface area contributed by atoms with Gasteiger partial charge in [-0.3, -0.25) is 0 Å². The van der Waals surface area contributed by atoms with E-state index in [2.05, 4.69) is 26.7 Å². The molecule has 16 heavy (non-hydrogen) atoms. The van der Waals surface area contributed by atoms with E-state index < -0.39 is 0 Å². The van der Waals surface area contributed by atoms with Gasteiger partial charge in [-0.2, -0.15) is 4.98 Å². The second kappa shape index (κ2) is 4.63. The summed E-state index contributed by atoms with van der Waals surface area (Å²) < 4.78 is 5.04. The molecule has 6 heteroatoms. The summed E-state index contributed by atoms with van der Waals surface area (Å²) in [6.45, 7) is 3.60. The average molecular weight is 217 g/mol. The summed E-state index contributed by atoms with van der Waals surface area (Å²) in [6, 6.07) is 1.38. The Morgan fingerprint density at radius 2 is 2.44 bits per heavy atom. The zero-order chi connectivity index (χ0) is 11.4. The van der Waals surface area contributed by atoms with Crippen LogP contribution in [0.15, 0.2) is 35.8 Å². The van der Waals surface area contributed by atoms with Crippen molar-refractivity contribution in [3.63, 3.8) is 0 Å². The molecule has 2 rings (SSSR count). The van der Waals surface area contributed by atoms with Crippen LogP contribution in [0.2, 0.25) is 0 Å². The van der Waals surface area contributed by atoms with Crippen molar-refractivity contribution < 1.29 is 4.52 Å². The lowest BCUT2D eigenvalue weighted by atomic mass is 10.2. The average Bonchev–Trinajstić information content (AvgIpc) is 2.80. The number of aromatic nitrogens is 4. The Hall–Kier alpha value is -2.08. The van der Waals surface area contributed by atoms with Crippen LogP contribution in [-0.4, -0.2) is 20.1 Å². The van der Waals surface area contributed by atoms with Crippen LogP contribution in [-0.2, 0) is 0 Å². The fourth-order valence-electron chi connectivity index (χ4n) is 1.19. The molecule has 0 spiro atoms. The zero-order valence-corrected chi connectivity index (χ0v) is 8.58.